The first kappa shape index (κ1) is 14.5. The molecular formula is C20H16N2O2. The summed E-state index contributed by atoms with van der Waals surface area (Å²) in [7, 11) is 0. The van der Waals surface area contributed by atoms with Gasteiger partial charge in [-0.1, -0.05) is 48.5 Å². The van der Waals surface area contributed by atoms with Gasteiger partial charge in [-0.3, -0.25) is 0 Å². The quantitative estimate of drug-likeness (QED) is 0.571. The number of nitrogens with zero attached hydrogens (tertiary/aromatic N) is 1. The average Bonchev–Trinajstić information content (AvgIpc) is 3.03. The Labute approximate surface area is 139 Å². The standard InChI is InChI=1S/C20H16N2O2/c23-13-15-6-4-5-9-17(15)14-10-11-19-18(12-14)22-20(24-19)21-16-7-2-1-3-8-16/h1-12,23H,13H2,(H,21,22). The van der Waals surface area contributed by atoms with Crippen molar-refractivity contribution in [3.8, 4) is 11.1 Å². The van der Waals surface area contributed by atoms with Crippen molar-refractivity contribution in [2.24, 2.45) is 0 Å². The molecule has 2 N–H and O–H groups in total. The highest BCUT2D eigenvalue weighted by Crippen LogP contribution is 2.29. The largest absolute Gasteiger partial charge is 0.423 e. The van der Waals surface area contributed by atoms with E-state index in [0.717, 1.165) is 33.5 Å². The number of aromatic nitrogens is 1. The van der Waals surface area contributed by atoms with Gasteiger partial charge in [-0.2, -0.15) is 4.98 Å². The molecule has 0 aliphatic heterocycles. The van der Waals surface area contributed by atoms with Gasteiger partial charge in [-0.15, -0.1) is 0 Å². The second-order valence-electron chi connectivity index (χ2n) is 5.51. The first-order valence-electron chi connectivity index (χ1n) is 7.75. The molecule has 0 saturated carbocycles. The summed E-state index contributed by atoms with van der Waals surface area (Å²) in [6.45, 7) is 0.00778. The number of benzene rings is 3. The van der Waals surface area contributed by atoms with Gasteiger partial charge >= 0.3 is 0 Å². The number of nitrogens with one attached hydrogen (secondary N) is 1. The summed E-state index contributed by atoms with van der Waals surface area (Å²) in [5, 5.41) is 12.7. The Bertz CT molecular complexity index is 977. The molecule has 0 unspecified atom stereocenters. The number of hydrogen-bond donors (Lipinski definition) is 2. The van der Waals surface area contributed by atoms with Crippen molar-refractivity contribution in [3.05, 3.63) is 78.4 Å². The molecule has 0 amide bonds. The maximum Gasteiger partial charge on any atom is 0.300 e. The number of aliphatic hydroxyl groups is 1. The summed E-state index contributed by atoms with van der Waals surface area (Å²) in [5.74, 6) is 0. The van der Waals surface area contributed by atoms with E-state index in [1.165, 1.54) is 0 Å². The highest BCUT2D eigenvalue weighted by molar-refractivity contribution is 5.82. The zero-order chi connectivity index (χ0) is 16.4. The van der Waals surface area contributed by atoms with Crippen LogP contribution in [0.2, 0.25) is 0 Å². The van der Waals surface area contributed by atoms with Crippen molar-refractivity contribution >= 4 is 22.8 Å². The maximum absolute atomic E-state index is 9.52. The van der Waals surface area contributed by atoms with E-state index in [1.54, 1.807) is 0 Å². The molecule has 3 aromatic carbocycles. The van der Waals surface area contributed by atoms with Gasteiger partial charge in [0.1, 0.15) is 5.52 Å². The van der Waals surface area contributed by atoms with Crippen LogP contribution in [-0.4, -0.2) is 10.1 Å². The molecular weight excluding hydrogens is 300 g/mol. The van der Waals surface area contributed by atoms with Crippen LogP contribution in [0.15, 0.2) is 77.2 Å². The molecule has 0 atom stereocenters. The van der Waals surface area contributed by atoms with E-state index in [-0.39, 0.29) is 6.61 Å². The minimum absolute atomic E-state index is 0.00778. The Morgan fingerprint density at radius 2 is 1.71 bits per heavy atom. The van der Waals surface area contributed by atoms with E-state index in [2.05, 4.69) is 10.3 Å². The second kappa shape index (κ2) is 6.18. The predicted octanol–water partition coefficient (Wildman–Crippen LogP) is 4.73. The number of oxazole rings is 1. The monoisotopic (exact) mass is 316 g/mol. The van der Waals surface area contributed by atoms with Gasteiger partial charge in [0.25, 0.3) is 6.01 Å². The third-order valence-corrected chi connectivity index (χ3v) is 3.91. The van der Waals surface area contributed by atoms with Crippen LogP contribution in [-0.2, 0) is 6.61 Å². The van der Waals surface area contributed by atoms with Gasteiger partial charge < -0.3 is 14.8 Å². The zero-order valence-electron chi connectivity index (χ0n) is 12.9. The minimum atomic E-state index is 0.00778. The van der Waals surface area contributed by atoms with Crippen molar-refractivity contribution < 1.29 is 9.52 Å². The lowest BCUT2D eigenvalue weighted by molar-refractivity contribution is 0.282. The van der Waals surface area contributed by atoms with Gasteiger partial charge in [0, 0.05) is 5.69 Å². The molecule has 1 aromatic heterocycles. The minimum Gasteiger partial charge on any atom is -0.423 e. The lowest BCUT2D eigenvalue weighted by Crippen LogP contribution is -1.89. The fraction of sp³-hybridized carbons (Fsp3) is 0.0500. The van der Waals surface area contributed by atoms with Crippen molar-refractivity contribution in [1.29, 1.82) is 0 Å². The molecule has 0 aliphatic carbocycles. The lowest BCUT2D eigenvalue weighted by Gasteiger charge is -2.06. The Balaban J connectivity index is 1.71. The Kier molecular flexibility index (Phi) is 3.73. The summed E-state index contributed by atoms with van der Waals surface area (Å²) in [5.41, 5.74) is 5.32. The third-order valence-electron chi connectivity index (χ3n) is 3.91. The second-order valence-corrected chi connectivity index (χ2v) is 5.51. The molecule has 0 aliphatic rings. The Hall–Kier alpha value is -3.11. The molecule has 4 nitrogen and oxygen atoms in total. The van der Waals surface area contributed by atoms with Gasteiger partial charge in [-0.25, -0.2) is 0 Å². The fourth-order valence-corrected chi connectivity index (χ4v) is 2.73. The topological polar surface area (TPSA) is 58.3 Å². The van der Waals surface area contributed by atoms with Crippen LogP contribution < -0.4 is 5.32 Å². The summed E-state index contributed by atoms with van der Waals surface area (Å²) >= 11 is 0. The Morgan fingerprint density at radius 1 is 0.917 bits per heavy atom. The van der Waals surface area contributed by atoms with E-state index in [9.17, 15) is 5.11 Å². The van der Waals surface area contributed by atoms with E-state index < -0.39 is 0 Å². The average molecular weight is 316 g/mol. The number of para-hydroxylation sites is 1. The fourth-order valence-electron chi connectivity index (χ4n) is 2.73. The number of anilines is 2. The molecule has 118 valence electrons. The van der Waals surface area contributed by atoms with Gasteiger partial charge in [0.2, 0.25) is 0 Å². The molecule has 0 saturated heterocycles. The van der Waals surface area contributed by atoms with Crippen LogP contribution in [0.1, 0.15) is 5.56 Å². The van der Waals surface area contributed by atoms with Crippen LogP contribution >= 0.6 is 0 Å². The van der Waals surface area contributed by atoms with Gasteiger partial charge in [0.15, 0.2) is 5.58 Å². The summed E-state index contributed by atoms with van der Waals surface area (Å²) in [6, 6.07) is 23.9. The van der Waals surface area contributed by atoms with Crippen molar-refractivity contribution in [1.82, 2.24) is 4.98 Å². The van der Waals surface area contributed by atoms with Crippen LogP contribution in [0.3, 0.4) is 0 Å². The number of aliphatic hydroxyl groups excluding tert-OH is 1. The first-order chi connectivity index (χ1) is 11.8. The number of fused-ring (bicyclic) bond motifs is 1. The molecule has 0 radical (unpaired) electrons. The lowest BCUT2D eigenvalue weighted by atomic mass is 10.00. The summed E-state index contributed by atoms with van der Waals surface area (Å²) < 4.78 is 5.75. The highest BCUT2D eigenvalue weighted by atomic mass is 16.4. The Morgan fingerprint density at radius 3 is 2.54 bits per heavy atom. The first-order valence-corrected chi connectivity index (χ1v) is 7.75. The normalized spacial score (nSPS) is 10.9. The van der Waals surface area contributed by atoms with Crippen molar-refractivity contribution in [3.63, 3.8) is 0 Å². The zero-order valence-corrected chi connectivity index (χ0v) is 12.9. The maximum atomic E-state index is 9.52. The molecule has 4 heteroatoms. The van der Waals surface area contributed by atoms with Crippen molar-refractivity contribution in [2.75, 3.05) is 5.32 Å². The third kappa shape index (κ3) is 2.75. The van der Waals surface area contributed by atoms with Crippen LogP contribution in [0, 0.1) is 0 Å². The summed E-state index contributed by atoms with van der Waals surface area (Å²) in [6.07, 6.45) is 0. The molecule has 0 fully saturated rings. The van der Waals surface area contributed by atoms with E-state index in [0.29, 0.717) is 6.01 Å². The number of rotatable bonds is 4. The summed E-state index contributed by atoms with van der Waals surface area (Å²) in [4.78, 5) is 4.51. The molecule has 24 heavy (non-hydrogen) atoms. The highest BCUT2D eigenvalue weighted by Gasteiger charge is 2.09. The molecule has 0 bridgehead atoms. The van der Waals surface area contributed by atoms with E-state index in [1.807, 2.05) is 72.8 Å². The van der Waals surface area contributed by atoms with E-state index in [4.69, 9.17) is 4.42 Å². The molecule has 4 rings (SSSR count). The van der Waals surface area contributed by atoms with Gasteiger partial charge in [-0.05, 0) is 41.0 Å². The van der Waals surface area contributed by atoms with Crippen LogP contribution in [0.4, 0.5) is 11.7 Å². The number of hydrogen-bond acceptors (Lipinski definition) is 4. The predicted molar refractivity (Wildman–Crippen MR) is 95.1 cm³/mol. The van der Waals surface area contributed by atoms with Crippen LogP contribution in [0.5, 0.6) is 0 Å². The van der Waals surface area contributed by atoms with E-state index >= 15 is 0 Å². The van der Waals surface area contributed by atoms with Gasteiger partial charge in [0.05, 0.1) is 6.61 Å². The van der Waals surface area contributed by atoms with Crippen molar-refractivity contribution in [2.45, 2.75) is 6.61 Å². The van der Waals surface area contributed by atoms with Crippen LogP contribution in [0.25, 0.3) is 22.2 Å². The molecule has 4 aromatic rings. The molecule has 0 spiro atoms. The molecule has 1 heterocycles. The SMILES string of the molecule is OCc1ccccc1-c1ccc2oc(Nc3ccccc3)nc2c1. The smallest absolute Gasteiger partial charge is 0.300 e.